The summed E-state index contributed by atoms with van der Waals surface area (Å²) in [7, 11) is 0. The molecular weight excluding hydrogens is 429 g/mol. The molecule has 3 aromatic rings. The molecule has 0 bridgehead atoms. The van der Waals surface area contributed by atoms with E-state index in [-0.39, 0.29) is 28.7 Å². The molecule has 0 saturated carbocycles. The van der Waals surface area contributed by atoms with Crippen molar-refractivity contribution in [1.82, 2.24) is 9.97 Å². The normalized spacial score (nSPS) is 12.1. The highest BCUT2D eigenvalue weighted by atomic mass is 19.4. The number of ether oxygens (including phenoxy) is 1. The van der Waals surface area contributed by atoms with Gasteiger partial charge in [-0.1, -0.05) is 0 Å². The predicted molar refractivity (Wildman–Crippen MR) is 104 cm³/mol. The number of primary amides is 1. The van der Waals surface area contributed by atoms with E-state index >= 15 is 0 Å². The lowest BCUT2D eigenvalue weighted by Gasteiger charge is -2.12. The van der Waals surface area contributed by atoms with E-state index in [1.54, 1.807) is 0 Å². The maximum absolute atomic E-state index is 13.1. The minimum absolute atomic E-state index is 0.0103. The van der Waals surface area contributed by atoms with E-state index < -0.39 is 35.9 Å². The van der Waals surface area contributed by atoms with Gasteiger partial charge < -0.3 is 20.7 Å². The molecule has 4 N–H and O–H groups in total. The SMILES string of the molecule is N#Cc1ccc(Oc2ccc(-c3nc(C(N)=O)cc(C(O)CO)n3)cc2)cc1C(F)(F)F. The van der Waals surface area contributed by atoms with Crippen molar-refractivity contribution in [2.75, 3.05) is 6.61 Å². The molecule has 0 aliphatic carbocycles. The average Bonchev–Trinajstić information content (AvgIpc) is 2.78. The number of nitrogens with zero attached hydrogens (tertiary/aromatic N) is 3. The van der Waals surface area contributed by atoms with Gasteiger partial charge in [-0.3, -0.25) is 4.79 Å². The number of carbonyl (C=O) groups is 1. The van der Waals surface area contributed by atoms with Crippen LogP contribution in [0.25, 0.3) is 11.4 Å². The van der Waals surface area contributed by atoms with Gasteiger partial charge in [0.25, 0.3) is 5.91 Å². The molecular formula is C21H15F3N4O4. The summed E-state index contributed by atoms with van der Waals surface area (Å²) >= 11 is 0. The average molecular weight is 444 g/mol. The van der Waals surface area contributed by atoms with Crippen molar-refractivity contribution in [3.63, 3.8) is 0 Å². The molecule has 1 aromatic heterocycles. The zero-order chi connectivity index (χ0) is 23.5. The Morgan fingerprint density at radius 1 is 1.12 bits per heavy atom. The van der Waals surface area contributed by atoms with Crippen LogP contribution >= 0.6 is 0 Å². The number of alkyl halides is 3. The highest BCUT2D eigenvalue weighted by molar-refractivity contribution is 5.91. The molecule has 1 heterocycles. The van der Waals surface area contributed by atoms with Gasteiger partial charge in [0.05, 0.1) is 29.5 Å². The molecule has 164 valence electrons. The van der Waals surface area contributed by atoms with E-state index in [9.17, 15) is 23.1 Å². The fourth-order valence-corrected chi connectivity index (χ4v) is 2.71. The summed E-state index contributed by atoms with van der Waals surface area (Å²) < 4.78 is 44.8. The van der Waals surface area contributed by atoms with Crippen molar-refractivity contribution in [2.24, 2.45) is 5.73 Å². The summed E-state index contributed by atoms with van der Waals surface area (Å²) in [4.78, 5) is 19.6. The van der Waals surface area contributed by atoms with E-state index in [4.69, 9.17) is 20.8 Å². The Kier molecular flexibility index (Phi) is 6.38. The van der Waals surface area contributed by atoms with Gasteiger partial charge in [0.1, 0.15) is 23.3 Å². The minimum atomic E-state index is -4.71. The Morgan fingerprint density at radius 2 is 1.78 bits per heavy atom. The summed E-state index contributed by atoms with van der Waals surface area (Å²) in [5.41, 5.74) is 3.83. The van der Waals surface area contributed by atoms with Crippen molar-refractivity contribution >= 4 is 5.91 Å². The number of hydrogen-bond acceptors (Lipinski definition) is 7. The van der Waals surface area contributed by atoms with E-state index in [2.05, 4.69) is 9.97 Å². The summed E-state index contributed by atoms with van der Waals surface area (Å²) in [6, 6.07) is 11.5. The van der Waals surface area contributed by atoms with E-state index in [0.717, 1.165) is 18.2 Å². The molecule has 3 rings (SSSR count). The molecule has 0 saturated heterocycles. The number of aliphatic hydroxyl groups excluding tert-OH is 2. The van der Waals surface area contributed by atoms with Crippen molar-refractivity contribution in [1.29, 1.82) is 5.26 Å². The molecule has 11 heteroatoms. The number of rotatable bonds is 6. The number of carbonyl (C=O) groups excluding carboxylic acids is 1. The lowest BCUT2D eigenvalue weighted by molar-refractivity contribution is -0.137. The third-order valence-corrected chi connectivity index (χ3v) is 4.28. The van der Waals surface area contributed by atoms with Gasteiger partial charge in [-0.05, 0) is 48.5 Å². The molecule has 0 radical (unpaired) electrons. The fourth-order valence-electron chi connectivity index (χ4n) is 2.71. The number of nitrogens with two attached hydrogens (primary N) is 1. The maximum Gasteiger partial charge on any atom is 0.417 e. The van der Waals surface area contributed by atoms with E-state index in [1.807, 2.05) is 0 Å². The molecule has 1 unspecified atom stereocenters. The third-order valence-electron chi connectivity index (χ3n) is 4.28. The molecule has 32 heavy (non-hydrogen) atoms. The number of aliphatic hydroxyl groups is 2. The van der Waals surface area contributed by atoms with Gasteiger partial charge in [-0.15, -0.1) is 0 Å². The first-order valence-corrected chi connectivity index (χ1v) is 8.99. The van der Waals surface area contributed by atoms with Crippen LogP contribution in [-0.4, -0.2) is 32.7 Å². The van der Waals surface area contributed by atoms with Gasteiger partial charge in [0.2, 0.25) is 0 Å². The Morgan fingerprint density at radius 3 is 2.34 bits per heavy atom. The monoisotopic (exact) mass is 444 g/mol. The molecule has 0 aliphatic heterocycles. The van der Waals surface area contributed by atoms with Gasteiger partial charge >= 0.3 is 6.18 Å². The number of halogens is 3. The smallest absolute Gasteiger partial charge is 0.417 e. The van der Waals surface area contributed by atoms with Crippen molar-refractivity contribution < 1.29 is 32.9 Å². The first-order valence-electron chi connectivity index (χ1n) is 8.99. The second kappa shape index (κ2) is 9.01. The van der Waals surface area contributed by atoms with E-state index in [0.29, 0.717) is 5.56 Å². The molecule has 0 fully saturated rings. The summed E-state index contributed by atoms with van der Waals surface area (Å²) in [5.74, 6) is -0.757. The van der Waals surface area contributed by atoms with Crippen LogP contribution < -0.4 is 10.5 Å². The molecule has 1 atom stereocenters. The number of amides is 1. The van der Waals surface area contributed by atoms with Crippen LogP contribution in [0.1, 0.15) is 33.4 Å². The van der Waals surface area contributed by atoms with Crippen LogP contribution in [0.5, 0.6) is 11.5 Å². The number of aromatic nitrogens is 2. The van der Waals surface area contributed by atoms with Crippen LogP contribution in [-0.2, 0) is 6.18 Å². The molecule has 1 amide bonds. The largest absolute Gasteiger partial charge is 0.457 e. The fraction of sp³-hybridized carbons (Fsp3) is 0.143. The maximum atomic E-state index is 13.1. The predicted octanol–water partition coefficient (Wildman–Crippen LogP) is 2.95. The number of hydrogen-bond donors (Lipinski definition) is 3. The Labute approximate surface area is 179 Å². The highest BCUT2D eigenvalue weighted by Gasteiger charge is 2.34. The Bertz CT molecular complexity index is 1190. The van der Waals surface area contributed by atoms with E-state index in [1.165, 1.54) is 36.4 Å². The highest BCUT2D eigenvalue weighted by Crippen LogP contribution is 2.35. The molecule has 0 aliphatic rings. The van der Waals surface area contributed by atoms with Crippen molar-refractivity contribution in [3.8, 4) is 29.0 Å². The molecule has 0 spiro atoms. The summed E-state index contributed by atoms with van der Waals surface area (Å²) in [5, 5.41) is 27.8. The zero-order valence-electron chi connectivity index (χ0n) is 16.2. The quantitative estimate of drug-likeness (QED) is 0.530. The van der Waals surface area contributed by atoms with Crippen LogP contribution in [0.2, 0.25) is 0 Å². The second-order valence-corrected chi connectivity index (χ2v) is 6.51. The first-order chi connectivity index (χ1) is 15.1. The zero-order valence-corrected chi connectivity index (χ0v) is 16.2. The topological polar surface area (TPSA) is 142 Å². The van der Waals surface area contributed by atoms with Gasteiger partial charge in [-0.25, -0.2) is 9.97 Å². The lowest BCUT2D eigenvalue weighted by Crippen LogP contribution is -2.16. The minimum Gasteiger partial charge on any atom is -0.457 e. The summed E-state index contributed by atoms with van der Waals surface area (Å²) in [6.45, 7) is -0.633. The van der Waals surface area contributed by atoms with Gasteiger partial charge in [0.15, 0.2) is 5.82 Å². The van der Waals surface area contributed by atoms with Crippen LogP contribution in [0.3, 0.4) is 0 Å². The number of benzene rings is 2. The molecule has 8 nitrogen and oxygen atoms in total. The van der Waals surface area contributed by atoms with Gasteiger partial charge in [0, 0.05) is 5.56 Å². The Hall–Kier alpha value is -4.01. The lowest BCUT2D eigenvalue weighted by atomic mass is 10.1. The summed E-state index contributed by atoms with van der Waals surface area (Å²) in [6.07, 6.45) is -6.06. The Balaban J connectivity index is 1.90. The van der Waals surface area contributed by atoms with Gasteiger partial charge in [-0.2, -0.15) is 18.4 Å². The first kappa shape index (κ1) is 22.7. The van der Waals surface area contributed by atoms with Crippen LogP contribution in [0.15, 0.2) is 48.5 Å². The van der Waals surface area contributed by atoms with Crippen molar-refractivity contribution in [3.05, 3.63) is 71.0 Å². The number of nitriles is 1. The standard InChI is InChI=1S/C21H15F3N4O4/c22-21(23,24)15-7-14(6-3-12(15)9-25)32-13-4-1-11(2-5-13)20-27-16(18(30)10-29)8-17(28-20)19(26)31/h1-8,18,29-30H,10H2,(H2,26,31). The van der Waals surface area contributed by atoms with Crippen LogP contribution in [0.4, 0.5) is 13.2 Å². The third kappa shape index (κ3) is 5.00. The van der Waals surface area contributed by atoms with Crippen LogP contribution in [0, 0.1) is 11.3 Å². The molecule has 2 aromatic carbocycles. The van der Waals surface area contributed by atoms with Crippen molar-refractivity contribution in [2.45, 2.75) is 12.3 Å². The second-order valence-electron chi connectivity index (χ2n) is 6.51.